The molecule has 6 rings (SSSR count). The Morgan fingerprint density at radius 2 is 1.78 bits per heavy atom. The maximum absolute atomic E-state index is 11.3. The van der Waals surface area contributed by atoms with Crippen LogP contribution in [0.1, 0.15) is 42.5 Å². The molecule has 0 spiro atoms. The number of benzene rings is 1. The molecular weight excluding hydrogens is 398 g/mol. The largest absolute Gasteiger partial charge is 0.381 e. The fraction of sp³-hybridized carbons (Fsp3) is 0.519. The van der Waals surface area contributed by atoms with E-state index in [1.54, 1.807) is 7.11 Å². The lowest BCUT2D eigenvalue weighted by atomic mass is 9.75. The van der Waals surface area contributed by atoms with Crippen molar-refractivity contribution in [2.24, 2.45) is 5.92 Å². The minimum Gasteiger partial charge on any atom is -0.381 e. The Bertz CT molecular complexity index is 983. The van der Waals surface area contributed by atoms with Gasteiger partial charge in [0.05, 0.1) is 11.8 Å². The zero-order valence-corrected chi connectivity index (χ0v) is 19.0. The van der Waals surface area contributed by atoms with Crippen molar-refractivity contribution >= 4 is 5.82 Å². The second-order valence-electron chi connectivity index (χ2n) is 9.47. The molecule has 5 heteroatoms. The van der Waals surface area contributed by atoms with E-state index in [9.17, 15) is 5.11 Å². The number of piperidine rings is 4. The molecule has 0 radical (unpaired) electrons. The van der Waals surface area contributed by atoms with E-state index in [0.29, 0.717) is 12.6 Å². The molecule has 4 aliphatic heterocycles. The van der Waals surface area contributed by atoms with E-state index in [4.69, 9.17) is 9.72 Å². The van der Waals surface area contributed by atoms with E-state index >= 15 is 0 Å². The highest BCUT2D eigenvalue weighted by atomic mass is 16.5. The number of rotatable bonds is 4. The second kappa shape index (κ2) is 9.23. The van der Waals surface area contributed by atoms with Crippen molar-refractivity contribution in [1.29, 1.82) is 0 Å². The van der Waals surface area contributed by atoms with Crippen molar-refractivity contribution in [3.8, 4) is 11.8 Å². The Kier molecular flexibility index (Phi) is 6.19. The highest BCUT2D eigenvalue weighted by molar-refractivity contribution is 5.49. The number of ether oxygens (including phenoxy) is 1. The van der Waals surface area contributed by atoms with Gasteiger partial charge in [-0.2, -0.15) is 0 Å². The topological polar surface area (TPSA) is 48.8 Å². The van der Waals surface area contributed by atoms with Gasteiger partial charge in [0.25, 0.3) is 0 Å². The lowest BCUT2D eigenvalue weighted by Gasteiger charge is -2.47. The van der Waals surface area contributed by atoms with Crippen molar-refractivity contribution in [3.05, 3.63) is 59.3 Å². The van der Waals surface area contributed by atoms with Crippen LogP contribution in [0.3, 0.4) is 0 Å². The molecular formula is C27H33N3O2. The first-order valence-corrected chi connectivity index (χ1v) is 11.9. The first-order valence-electron chi connectivity index (χ1n) is 11.9. The van der Waals surface area contributed by atoms with E-state index in [0.717, 1.165) is 75.4 Å². The van der Waals surface area contributed by atoms with Crippen LogP contribution in [0.2, 0.25) is 0 Å². The summed E-state index contributed by atoms with van der Waals surface area (Å²) >= 11 is 0. The minimum absolute atomic E-state index is 0.284. The second-order valence-corrected chi connectivity index (χ2v) is 9.47. The number of anilines is 1. The highest BCUT2D eigenvalue weighted by Crippen LogP contribution is 2.35. The van der Waals surface area contributed by atoms with Gasteiger partial charge in [0.2, 0.25) is 0 Å². The van der Waals surface area contributed by atoms with Gasteiger partial charge in [0.1, 0.15) is 11.4 Å². The highest BCUT2D eigenvalue weighted by Gasteiger charge is 2.44. The van der Waals surface area contributed by atoms with Crippen LogP contribution < -0.4 is 4.90 Å². The molecule has 1 unspecified atom stereocenters. The van der Waals surface area contributed by atoms with E-state index in [-0.39, 0.29) is 5.92 Å². The van der Waals surface area contributed by atoms with Gasteiger partial charge in [-0.25, -0.2) is 4.98 Å². The molecule has 1 N–H and O–H groups in total. The summed E-state index contributed by atoms with van der Waals surface area (Å²) in [5, 5.41) is 11.3. The molecule has 1 aromatic carbocycles. The molecule has 1 atom stereocenters. The fourth-order valence-electron chi connectivity index (χ4n) is 5.38. The number of nitrogens with zero attached hydrogens (tertiary/aromatic N) is 3. The lowest BCUT2D eigenvalue weighted by molar-refractivity contribution is -0.0713. The predicted octanol–water partition coefficient (Wildman–Crippen LogP) is 3.10. The summed E-state index contributed by atoms with van der Waals surface area (Å²) in [6.45, 7) is 4.75. The van der Waals surface area contributed by atoms with Crippen LogP contribution in [-0.2, 0) is 11.2 Å². The zero-order valence-electron chi connectivity index (χ0n) is 19.0. The van der Waals surface area contributed by atoms with Crippen molar-refractivity contribution in [2.75, 3.05) is 44.7 Å². The van der Waals surface area contributed by atoms with Crippen molar-refractivity contribution in [2.45, 2.75) is 43.8 Å². The molecule has 4 aliphatic rings. The molecule has 168 valence electrons. The van der Waals surface area contributed by atoms with Crippen molar-refractivity contribution < 1.29 is 9.84 Å². The van der Waals surface area contributed by atoms with Gasteiger partial charge in [-0.05, 0) is 56.5 Å². The van der Waals surface area contributed by atoms with Crippen LogP contribution in [0, 0.1) is 17.8 Å². The standard InChI is InChI=1S/C27H33N3O2/c1-32-24-12-17-30(18-13-24)26-8-7-22(25(28-26)19-21-5-3-2-4-6-21)9-14-27(31)20-29-15-10-23(27)11-16-29/h2-8,23-24,31H,10-13,15-20H2,1H3. The fourth-order valence-corrected chi connectivity index (χ4v) is 5.38. The number of fused-ring (bicyclic) bond motifs is 3. The van der Waals surface area contributed by atoms with Crippen LogP contribution >= 0.6 is 0 Å². The first-order chi connectivity index (χ1) is 15.6. The summed E-state index contributed by atoms with van der Waals surface area (Å²) in [5.41, 5.74) is 2.23. The maximum Gasteiger partial charge on any atom is 0.141 e. The third-order valence-corrected chi connectivity index (χ3v) is 7.41. The predicted molar refractivity (Wildman–Crippen MR) is 127 cm³/mol. The molecule has 0 amide bonds. The van der Waals surface area contributed by atoms with Crippen molar-refractivity contribution in [3.63, 3.8) is 0 Å². The Balaban J connectivity index is 1.43. The smallest absolute Gasteiger partial charge is 0.141 e. The van der Waals surface area contributed by atoms with Crippen LogP contribution in [-0.4, -0.2) is 66.5 Å². The van der Waals surface area contributed by atoms with Crippen LogP contribution in [0.15, 0.2) is 42.5 Å². The van der Waals surface area contributed by atoms with Crippen LogP contribution in [0.4, 0.5) is 5.82 Å². The van der Waals surface area contributed by atoms with Gasteiger partial charge < -0.3 is 14.7 Å². The molecule has 4 saturated heterocycles. The summed E-state index contributed by atoms with van der Waals surface area (Å²) < 4.78 is 5.52. The summed E-state index contributed by atoms with van der Waals surface area (Å²) in [4.78, 5) is 9.75. The molecule has 4 fully saturated rings. The molecule has 5 nitrogen and oxygen atoms in total. The Morgan fingerprint density at radius 3 is 2.44 bits per heavy atom. The van der Waals surface area contributed by atoms with Gasteiger partial charge in [-0.1, -0.05) is 42.2 Å². The normalized spacial score (nSPS) is 27.8. The molecule has 5 heterocycles. The molecule has 0 saturated carbocycles. The quantitative estimate of drug-likeness (QED) is 0.754. The summed E-state index contributed by atoms with van der Waals surface area (Å²) in [6, 6.07) is 14.6. The maximum atomic E-state index is 11.3. The summed E-state index contributed by atoms with van der Waals surface area (Å²) in [5.74, 6) is 7.92. The Labute approximate surface area is 191 Å². The Hall–Kier alpha value is -2.39. The zero-order chi connectivity index (χ0) is 22.0. The van der Waals surface area contributed by atoms with Gasteiger partial charge in [0.15, 0.2) is 0 Å². The number of hydrogen-bond acceptors (Lipinski definition) is 5. The average Bonchev–Trinajstić information content (AvgIpc) is 2.84. The van der Waals surface area contributed by atoms with Gasteiger partial charge in [-0.15, -0.1) is 0 Å². The van der Waals surface area contributed by atoms with Crippen LogP contribution in [0.5, 0.6) is 0 Å². The number of pyridine rings is 1. The average molecular weight is 432 g/mol. The summed E-state index contributed by atoms with van der Waals surface area (Å²) in [6.07, 6.45) is 5.22. The molecule has 2 aromatic rings. The van der Waals surface area contributed by atoms with Crippen molar-refractivity contribution in [1.82, 2.24) is 9.88 Å². The lowest BCUT2D eigenvalue weighted by Crippen LogP contribution is -2.58. The summed E-state index contributed by atoms with van der Waals surface area (Å²) in [7, 11) is 1.80. The number of hydrogen-bond donors (Lipinski definition) is 1. The van der Waals surface area contributed by atoms with Gasteiger partial charge >= 0.3 is 0 Å². The third-order valence-electron chi connectivity index (χ3n) is 7.41. The number of methoxy groups -OCH3 is 1. The third kappa shape index (κ3) is 4.54. The Morgan fingerprint density at radius 1 is 1.03 bits per heavy atom. The van der Waals surface area contributed by atoms with E-state index in [1.807, 2.05) is 6.07 Å². The molecule has 2 bridgehead atoms. The van der Waals surface area contributed by atoms with Gasteiger partial charge in [0, 0.05) is 44.6 Å². The first kappa shape index (κ1) is 21.5. The van der Waals surface area contributed by atoms with Gasteiger partial charge in [-0.3, -0.25) is 4.90 Å². The molecule has 32 heavy (non-hydrogen) atoms. The molecule has 1 aromatic heterocycles. The molecule has 0 aliphatic carbocycles. The van der Waals surface area contributed by atoms with E-state index < -0.39 is 5.60 Å². The monoisotopic (exact) mass is 431 g/mol. The minimum atomic E-state index is -0.902. The van der Waals surface area contributed by atoms with E-state index in [2.05, 4.69) is 58.0 Å². The number of aromatic nitrogens is 1. The SMILES string of the molecule is COC1CCN(c2ccc(C#CC3(O)CN4CCC3CC4)c(Cc3ccccc3)n2)CC1. The van der Waals surface area contributed by atoms with E-state index in [1.165, 1.54) is 5.56 Å². The van der Waals surface area contributed by atoms with Crippen LogP contribution in [0.25, 0.3) is 0 Å². The number of aliphatic hydroxyl groups is 1.